The van der Waals surface area contributed by atoms with Crippen molar-refractivity contribution in [1.29, 1.82) is 0 Å². The van der Waals surface area contributed by atoms with Crippen molar-refractivity contribution >= 4 is 23.4 Å². The smallest absolute Gasteiger partial charge is 0.337 e. The first kappa shape index (κ1) is 26.0. The van der Waals surface area contributed by atoms with E-state index in [0.29, 0.717) is 56.7 Å². The van der Waals surface area contributed by atoms with E-state index in [1.54, 1.807) is 44.6 Å². The summed E-state index contributed by atoms with van der Waals surface area (Å²) in [5.41, 5.74) is 1.30. The number of fused-ring (bicyclic) bond motifs is 1. The quantitative estimate of drug-likeness (QED) is 0.397. The van der Waals surface area contributed by atoms with Gasteiger partial charge in [-0.2, -0.15) is 0 Å². The van der Waals surface area contributed by atoms with Crippen LogP contribution in [0.25, 0.3) is 6.08 Å². The second kappa shape index (κ2) is 11.3. The Kier molecular flexibility index (Phi) is 7.98. The van der Waals surface area contributed by atoms with Crippen molar-refractivity contribution in [3.63, 3.8) is 0 Å². The Balaban J connectivity index is 1.91. The molecule has 0 saturated carbocycles. The van der Waals surface area contributed by atoms with Gasteiger partial charge in [0.1, 0.15) is 11.5 Å². The Morgan fingerprint density at radius 2 is 1.76 bits per heavy atom. The van der Waals surface area contributed by atoms with Gasteiger partial charge >= 0.3 is 5.97 Å². The molecule has 0 unspecified atom stereocenters. The molecule has 0 spiro atoms. The minimum Gasteiger partial charge on any atom is -0.497 e. The third-order valence-corrected chi connectivity index (χ3v) is 6.73. The molecule has 0 radical (unpaired) electrons. The van der Waals surface area contributed by atoms with Crippen LogP contribution in [0.3, 0.4) is 0 Å². The van der Waals surface area contributed by atoms with Gasteiger partial charge < -0.3 is 23.7 Å². The van der Waals surface area contributed by atoms with Gasteiger partial charge in [-0.15, -0.1) is 0 Å². The predicted octanol–water partition coefficient (Wildman–Crippen LogP) is 2.83. The Hall–Kier alpha value is -4.05. The van der Waals surface area contributed by atoms with Crippen LogP contribution in [0.4, 0.5) is 0 Å². The van der Waals surface area contributed by atoms with Crippen molar-refractivity contribution in [2.24, 2.45) is 4.99 Å². The first-order chi connectivity index (χ1) is 17.9. The summed E-state index contributed by atoms with van der Waals surface area (Å²) in [6.45, 7) is 4.66. The number of thiazole rings is 1. The minimum atomic E-state index is -0.765. The number of rotatable bonds is 9. The molecule has 9 nitrogen and oxygen atoms in total. The van der Waals surface area contributed by atoms with E-state index in [-0.39, 0.29) is 11.1 Å². The SMILES string of the molecule is CCOc1ccc([C@H]2C(C(=O)OC)=CN=c3s/c(=C\c4ccc(OC)cc4OC)c(=O)n32)cc1OCC. The normalized spacial score (nSPS) is 14.8. The van der Waals surface area contributed by atoms with Crippen LogP contribution in [0.1, 0.15) is 31.0 Å². The van der Waals surface area contributed by atoms with Crippen LogP contribution in [-0.2, 0) is 9.53 Å². The van der Waals surface area contributed by atoms with E-state index in [9.17, 15) is 9.59 Å². The van der Waals surface area contributed by atoms with Crippen LogP contribution < -0.4 is 33.8 Å². The molecule has 4 rings (SSSR count). The van der Waals surface area contributed by atoms with Gasteiger partial charge in [-0.1, -0.05) is 17.4 Å². The van der Waals surface area contributed by atoms with Crippen molar-refractivity contribution < 1.29 is 28.5 Å². The van der Waals surface area contributed by atoms with Crippen LogP contribution >= 0.6 is 11.3 Å². The van der Waals surface area contributed by atoms with Gasteiger partial charge in [-0.05, 0) is 49.8 Å². The fourth-order valence-electron chi connectivity index (χ4n) is 4.07. The molecular weight excluding hydrogens is 496 g/mol. The van der Waals surface area contributed by atoms with Crippen LogP contribution in [-0.4, -0.2) is 45.1 Å². The maximum atomic E-state index is 13.7. The molecule has 0 saturated heterocycles. The van der Waals surface area contributed by atoms with Gasteiger partial charge in [-0.25, -0.2) is 9.79 Å². The summed E-state index contributed by atoms with van der Waals surface area (Å²) < 4.78 is 29.2. The van der Waals surface area contributed by atoms with Gasteiger partial charge in [0, 0.05) is 17.8 Å². The van der Waals surface area contributed by atoms with E-state index in [2.05, 4.69) is 4.99 Å². The van der Waals surface area contributed by atoms with E-state index < -0.39 is 12.0 Å². The lowest BCUT2D eigenvalue weighted by Gasteiger charge is -2.23. The van der Waals surface area contributed by atoms with Gasteiger partial charge in [-0.3, -0.25) is 9.36 Å². The molecular formula is C27H28N2O7S. The first-order valence-corrected chi connectivity index (χ1v) is 12.5. The first-order valence-electron chi connectivity index (χ1n) is 11.7. The summed E-state index contributed by atoms with van der Waals surface area (Å²) in [6, 6.07) is 9.95. The molecule has 0 amide bonds. The highest BCUT2D eigenvalue weighted by Gasteiger charge is 2.31. The summed E-state index contributed by atoms with van der Waals surface area (Å²) in [7, 11) is 4.42. The van der Waals surface area contributed by atoms with Crippen molar-refractivity contribution in [2.45, 2.75) is 19.9 Å². The summed E-state index contributed by atoms with van der Waals surface area (Å²) in [6.07, 6.45) is 3.20. The number of methoxy groups -OCH3 is 3. The highest BCUT2D eigenvalue weighted by molar-refractivity contribution is 7.07. The Bertz CT molecular complexity index is 1520. The van der Waals surface area contributed by atoms with E-state index in [1.807, 2.05) is 26.0 Å². The summed E-state index contributed by atoms with van der Waals surface area (Å²) in [4.78, 5) is 31.3. The van der Waals surface area contributed by atoms with Crippen molar-refractivity contribution in [2.75, 3.05) is 34.5 Å². The van der Waals surface area contributed by atoms with Crippen LogP contribution in [0.15, 0.2) is 58.0 Å². The number of nitrogens with zero attached hydrogens (tertiary/aromatic N) is 2. The number of carbonyl (C=O) groups excluding carboxylic acids is 1. The van der Waals surface area contributed by atoms with E-state index in [4.69, 9.17) is 23.7 Å². The lowest BCUT2D eigenvalue weighted by molar-refractivity contribution is -0.136. The molecule has 0 N–H and O–H groups in total. The second-order valence-corrected chi connectivity index (χ2v) is 8.87. The molecule has 0 aliphatic carbocycles. The largest absolute Gasteiger partial charge is 0.497 e. The van der Waals surface area contributed by atoms with Crippen LogP contribution in [0.2, 0.25) is 0 Å². The molecule has 0 fully saturated rings. The van der Waals surface area contributed by atoms with E-state index in [1.165, 1.54) is 29.2 Å². The summed E-state index contributed by atoms with van der Waals surface area (Å²) in [5, 5.41) is 0. The Morgan fingerprint density at radius 3 is 2.43 bits per heavy atom. The molecule has 1 aliphatic rings. The standard InChI is InChI=1S/C27H28N2O7S/c1-6-35-20-11-9-17(12-22(20)36-7-2)24-19(26(31)34-5)15-28-27-29(24)25(30)23(37-27)13-16-8-10-18(32-3)14-21(16)33-4/h8-15,24H,6-7H2,1-5H3/b23-13-/t24-/m0/s1. The fraction of sp³-hybridized carbons (Fsp3) is 0.296. The minimum absolute atomic E-state index is 0.232. The number of hydrogen-bond donors (Lipinski definition) is 0. The lowest BCUT2D eigenvalue weighted by Crippen LogP contribution is -2.39. The number of benzene rings is 2. The molecule has 194 valence electrons. The summed E-state index contributed by atoms with van der Waals surface area (Å²) in [5.74, 6) is 1.72. The molecule has 2 aromatic carbocycles. The zero-order chi connectivity index (χ0) is 26.5. The zero-order valence-corrected chi connectivity index (χ0v) is 22.1. The predicted molar refractivity (Wildman–Crippen MR) is 139 cm³/mol. The van der Waals surface area contributed by atoms with E-state index in [0.717, 1.165) is 0 Å². The van der Waals surface area contributed by atoms with Gasteiger partial charge in [0.25, 0.3) is 5.56 Å². The number of ether oxygens (including phenoxy) is 5. The Labute approximate surface area is 217 Å². The second-order valence-electron chi connectivity index (χ2n) is 7.86. The van der Waals surface area contributed by atoms with Crippen molar-refractivity contribution in [1.82, 2.24) is 4.57 Å². The Morgan fingerprint density at radius 1 is 1.00 bits per heavy atom. The zero-order valence-electron chi connectivity index (χ0n) is 21.3. The van der Waals surface area contributed by atoms with Crippen LogP contribution in [0, 0.1) is 0 Å². The lowest BCUT2D eigenvalue weighted by atomic mass is 9.97. The topological polar surface area (TPSA) is 97.6 Å². The number of esters is 1. The number of carbonyl (C=O) groups is 1. The number of hydrogen-bond acceptors (Lipinski definition) is 9. The molecule has 1 atom stereocenters. The molecule has 10 heteroatoms. The third-order valence-electron chi connectivity index (χ3n) is 5.74. The van der Waals surface area contributed by atoms with E-state index >= 15 is 0 Å². The number of aromatic nitrogens is 1. The van der Waals surface area contributed by atoms with Crippen molar-refractivity contribution in [3.8, 4) is 23.0 Å². The summed E-state index contributed by atoms with van der Waals surface area (Å²) >= 11 is 1.22. The average Bonchev–Trinajstić information content (AvgIpc) is 3.24. The van der Waals surface area contributed by atoms with Gasteiger partial charge in [0.2, 0.25) is 0 Å². The monoisotopic (exact) mass is 524 g/mol. The van der Waals surface area contributed by atoms with Gasteiger partial charge in [0.05, 0.1) is 50.7 Å². The molecule has 37 heavy (non-hydrogen) atoms. The molecule has 0 bridgehead atoms. The van der Waals surface area contributed by atoms with Gasteiger partial charge in [0.15, 0.2) is 16.3 Å². The molecule has 1 aromatic heterocycles. The van der Waals surface area contributed by atoms with Crippen LogP contribution in [0.5, 0.6) is 23.0 Å². The molecule has 1 aliphatic heterocycles. The average molecular weight is 525 g/mol. The highest BCUT2D eigenvalue weighted by atomic mass is 32.1. The fourth-order valence-corrected chi connectivity index (χ4v) is 5.03. The maximum absolute atomic E-state index is 13.7. The molecule has 2 heterocycles. The maximum Gasteiger partial charge on any atom is 0.337 e. The third kappa shape index (κ3) is 5.10. The highest BCUT2D eigenvalue weighted by Crippen LogP contribution is 2.35. The van der Waals surface area contributed by atoms with Crippen molar-refractivity contribution in [3.05, 3.63) is 79.0 Å². The molecule has 3 aromatic rings.